The molecule has 4 nitrogen and oxygen atoms in total. The highest BCUT2D eigenvalue weighted by Gasteiger charge is 2.15. The molecule has 0 bridgehead atoms. The standard InChI is InChI=1S/C15H25NO3/c1-5-12(16)8-6-7-11-9-10-13(17-2)15(19-4)14(11)18-3/h9-10,12H,5-8,16H2,1-4H3. The fourth-order valence-corrected chi connectivity index (χ4v) is 2.12. The van der Waals surface area contributed by atoms with Crippen LogP contribution in [0.2, 0.25) is 0 Å². The molecule has 0 aromatic heterocycles. The molecule has 1 rings (SSSR count). The van der Waals surface area contributed by atoms with Crippen molar-refractivity contribution in [1.29, 1.82) is 0 Å². The number of hydrogen-bond acceptors (Lipinski definition) is 4. The average Bonchev–Trinajstić information content (AvgIpc) is 2.45. The zero-order chi connectivity index (χ0) is 14.3. The lowest BCUT2D eigenvalue weighted by molar-refractivity contribution is 0.322. The van der Waals surface area contributed by atoms with Gasteiger partial charge in [-0.1, -0.05) is 13.0 Å². The summed E-state index contributed by atoms with van der Waals surface area (Å²) in [6.07, 6.45) is 4.01. The van der Waals surface area contributed by atoms with Crippen LogP contribution in [-0.4, -0.2) is 27.4 Å². The maximum Gasteiger partial charge on any atom is 0.203 e. The molecule has 108 valence electrons. The second kappa shape index (κ2) is 7.89. The van der Waals surface area contributed by atoms with Crippen molar-refractivity contribution < 1.29 is 14.2 Å². The van der Waals surface area contributed by atoms with Crippen LogP contribution in [0.3, 0.4) is 0 Å². The van der Waals surface area contributed by atoms with E-state index in [2.05, 4.69) is 6.92 Å². The van der Waals surface area contributed by atoms with E-state index in [4.69, 9.17) is 19.9 Å². The highest BCUT2D eigenvalue weighted by atomic mass is 16.5. The average molecular weight is 267 g/mol. The van der Waals surface area contributed by atoms with Crippen LogP contribution in [0.5, 0.6) is 17.2 Å². The van der Waals surface area contributed by atoms with Gasteiger partial charge in [-0.15, -0.1) is 0 Å². The van der Waals surface area contributed by atoms with Crippen LogP contribution in [0.25, 0.3) is 0 Å². The van der Waals surface area contributed by atoms with E-state index < -0.39 is 0 Å². The summed E-state index contributed by atoms with van der Waals surface area (Å²) >= 11 is 0. The first-order valence-corrected chi connectivity index (χ1v) is 6.71. The lowest BCUT2D eigenvalue weighted by atomic mass is 10.0. The first-order valence-electron chi connectivity index (χ1n) is 6.71. The largest absolute Gasteiger partial charge is 0.493 e. The molecule has 2 N–H and O–H groups in total. The van der Waals surface area contributed by atoms with Gasteiger partial charge < -0.3 is 19.9 Å². The highest BCUT2D eigenvalue weighted by Crippen LogP contribution is 2.40. The Morgan fingerprint density at radius 2 is 1.74 bits per heavy atom. The molecule has 1 atom stereocenters. The molecule has 0 saturated heterocycles. The minimum absolute atomic E-state index is 0.283. The first kappa shape index (κ1) is 15.6. The Hall–Kier alpha value is -1.42. The van der Waals surface area contributed by atoms with E-state index in [1.165, 1.54) is 0 Å². The van der Waals surface area contributed by atoms with Gasteiger partial charge in [-0.05, 0) is 37.3 Å². The highest BCUT2D eigenvalue weighted by molar-refractivity contribution is 5.55. The number of aryl methyl sites for hydroxylation is 1. The summed E-state index contributed by atoms with van der Waals surface area (Å²) in [6, 6.07) is 4.22. The Balaban J connectivity index is 2.83. The van der Waals surface area contributed by atoms with Crippen LogP contribution in [0, 0.1) is 0 Å². The smallest absolute Gasteiger partial charge is 0.203 e. The molecule has 1 aromatic rings. The maximum absolute atomic E-state index is 5.93. The Bertz CT molecular complexity index is 393. The van der Waals surface area contributed by atoms with E-state index >= 15 is 0 Å². The lowest BCUT2D eigenvalue weighted by Gasteiger charge is -2.16. The Morgan fingerprint density at radius 3 is 2.26 bits per heavy atom. The van der Waals surface area contributed by atoms with Gasteiger partial charge >= 0.3 is 0 Å². The minimum atomic E-state index is 0.283. The van der Waals surface area contributed by atoms with Crippen molar-refractivity contribution in [2.45, 2.75) is 38.6 Å². The second-order valence-corrected chi connectivity index (χ2v) is 4.55. The van der Waals surface area contributed by atoms with E-state index in [0.717, 1.165) is 37.0 Å². The Kier molecular flexibility index (Phi) is 6.50. The van der Waals surface area contributed by atoms with Crippen LogP contribution < -0.4 is 19.9 Å². The molecule has 1 unspecified atom stereocenters. The second-order valence-electron chi connectivity index (χ2n) is 4.55. The van der Waals surface area contributed by atoms with Crippen molar-refractivity contribution >= 4 is 0 Å². The molecule has 0 spiro atoms. The lowest BCUT2D eigenvalue weighted by Crippen LogP contribution is -2.18. The normalized spacial score (nSPS) is 12.1. The third-order valence-corrected chi connectivity index (χ3v) is 3.33. The minimum Gasteiger partial charge on any atom is -0.493 e. The topological polar surface area (TPSA) is 53.7 Å². The van der Waals surface area contributed by atoms with Crippen molar-refractivity contribution in [2.75, 3.05) is 21.3 Å². The number of hydrogen-bond donors (Lipinski definition) is 1. The van der Waals surface area contributed by atoms with Crippen molar-refractivity contribution in [3.63, 3.8) is 0 Å². The number of benzene rings is 1. The summed E-state index contributed by atoms with van der Waals surface area (Å²) in [5.74, 6) is 2.10. The number of ether oxygens (including phenoxy) is 3. The van der Waals surface area contributed by atoms with Crippen molar-refractivity contribution in [2.24, 2.45) is 5.73 Å². The van der Waals surface area contributed by atoms with Gasteiger partial charge in [0.1, 0.15) is 0 Å². The predicted molar refractivity (Wildman–Crippen MR) is 77.3 cm³/mol. The Morgan fingerprint density at radius 1 is 1.05 bits per heavy atom. The van der Waals surface area contributed by atoms with Crippen LogP contribution in [0.15, 0.2) is 12.1 Å². The van der Waals surface area contributed by atoms with Gasteiger partial charge in [-0.25, -0.2) is 0 Å². The molecule has 0 aliphatic rings. The summed E-state index contributed by atoms with van der Waals surface area (Å²) < 4.78 is 16.1. The van der Waals surface area contributed by atoms with Crippen molar-refractivity contribution in [3.05, 3.63) is 17.7 Å². The summed E-state index contributed by atoms with van der Waals surface area (Å²) in [5, 5.41) is 0. The Labute approximate surface area is 115 Å². The quantitative estimate of drug-likeness (QED) is 0.787. The summed E-state index contributed by atoms with van der Waals surface area (Å²) in [6.45, 7) is 2.11. The van der Waals surface area contributed by atoms with E-state index in [-0.39, 0.29) is 6.04 Å². The molecule has 0 amide bonds. The van der Waals surface area contributed by atoms with E-state index in [1.807, 2.05) is 12.1 Å². The molecule has 0 radical (unpaired) electrons. The predicted octanol–water partition coefficient (Wildman–Crippen LogP) is 2.77. The van der Waals surface area contributed by atoms with Crippen LogP contribution >= 0.6 is 0 Å². The monoisotopic (exact) mass is 267 g/mol. The molecule has 0 aliphatic carbocycles. The molecule has 4 heteroatoms. The fraction of sp³-hybridized carbons (Fsp3) is 0.600. The van der Waals surface area contributed by atoms with Crippen LogP contribution in [0.4, 0.5) is 0 Å². The molecule has 0 aliphatic heterocycles. The van der Waals surface area contributed by atoms with Gasteiger partial charge in [0.2, 0.25) is 5.75 Å². The molecule has 0 fully saturated rings. The molecule has 0 saturated carbocycles. The van der Waals surface area contributed by atoms with Gasteiger partial charge in [0.25, 0.3) is 0 Å². The number of rotatable bonds is 8. The van der Waals surface area contributed by atoms with Crippen molar-refractivity contribution in [3.8, 4) is 17.2 Å². The fourth-order valence-electron chi connectivity index (χ4n) is 2.12. The number of nitrogens with two attached hydrogens (primary N) is 1. The third kappa shape index (κ3) is 4.03. The maximum atomic E-state index is 5.93. The molecular formula is C15H25NO3. The van der Waals surface area contributed by atoms with E-state index in [9.17, 15) is 0 Å². The van der Waals surface area contributed by atoms with Gasteiger partial charge in [0, 0.05) is 6.04 Å². The van der Waals surface area contributed by atoms with Gasteiger partial charge in [-0.2, -0.15) is 0 Å². The van der Waals surface area contributed by atoms with Gasteiger partial charge in [0.15, 0.2) is 11.5 Å². The van der Waals surface area contributed by atoms with Gasteiger partial charge in [-0.3, -0.25) is 0 Å². The molecule has 0 heterocycles. The van der Waals surface area contributed by atoms with Gasteiger partial charge in [0.05, 0.1) is 21.3 Å². The van der Waals surface area contributed by atoms with Crippen LogP contribution in [0.1, 0.15) is 31.7 Å². The SMILES string of the molecule is CCC(N)CCCc1ccc(OC)c(OC)c1OC. The zero-order valence-corrected chi connectivity index (χ0v) is 12.4. The molecular weight excluding hydrogens is 242 g/mol. The molecule has 19 heavy (non-hydrogen) atoms. The van der Waals surface area contributed by atoms with E-state index in [0.29, 0.717) is 11.5 Å². The summed E-state index contributed by atoms with van der Waals surface area (Å²) in [5.41, 5.74) is 7.06. The summed E-state index contributed by atoms with van der Waals surface area (Å²) in [4.78, 5) is 0. The first-order chi connectivity index (χ1) is 9.17. The summed E-state index contributed by atoms with van der Waals surface area (Å²) in [7, 11) is 4.90. The number of methoxy groups -OCH3 is 3. The zero-order valence-electron chi connectivity index (χ0n) is 12.4. The van der Waals surface area contributed by atoms with Crippen LogP contribution in [-0.2, 0) is 6.42 Å². The van der Waals surface area contributed by atoms with Crippen molar-refractivity contribution in [1.82, 2.24) is 0 Å². The molecule has 1 aromatic carbocycles. The third-order valence-electron chi connectivity index (χ3n) is 3.33. The van der Waals surface area contributed by atoms with E-state index in [1.54, 1.807) is 21.3 Å².